The normalized spacial score (nSPS) is 11.7. The van der Waals surface area contributed by atoms with Crippen molar-refractivity contribution in [2.45, 2.75) is 25.7 Å². The zero-order valence-electron chi connectivity index (χ0n) is 18.8. The van der Waals surface area contributed by atoms with Gasteiger partial charge in [0.15, 0.2) is 0 Å². The first-order valence-corrected chi connectivity index (χ1v) is 11.9. The van der Waals surface area contributed by atoms with Gasteiger partial charge in [0.1, 0.15) is 0 Å². The first-order chi connectivity index (χ1) is 16.1. The molecular formula is C24H23N5O4S. The maximum absolute atomic E-state index is 12.8. The molecule has 0 radical (unpaired) electrons. The van der Waals surface area contributed by atoms with Gasteiger partial charge in [-0.15, -0.1) is 10.2 Å². The fourth-order valence-electron chi connectivity index (χ4n) is 2.88. The Hall–Kier alpha value is -4.05. The van der Waals surface area contributed by atoms with E-state index in [1.54, 1.807) is 60.9 Å². The van der Waals surface area contributed by atoms with Crippen LogP contribution in [0.4, 0.5) is 11.4 Å². The van der Waals surface area contributed by atoms with Gasteiger partial charge in [-0.05, 0) is 60.7 Å². The molecule has 0 saturated carbocycles. The van der Waals surface area contributed by atoms with Crippen molar-refractivity contribution in [3.05, 3.63) is 73.1 Å². The molecule has 10 heteroatoms. The summed E-state index contributed by atoms with van der Waals surface area (Å²) in [6.07, 6.45) is 3.25. The molecule has 2 aromatic heterocycles. The number of hydrogen-bond acceptors (Lipinski definition) is 7. The summed E-state index contributed by atoms with van der Waals surface area (Å²) in [7, 11) is -3.82. The molecule has 0 unspecified atom stereocenters. The summed E-state index contributed by atoms with van der Waals surface area (Å²) in [6, 6.07) is 16.1. The zero-order chi connectivity index (χ0) is 24.3. The molecule has 4 rings (SSSR count). The fourth-order valence-corrected chi connectivity index (χ4v) is 3.94. The molecule has 2 N–H and O–H groups in total. The number of rotatable bonds is 6. The topological polar surface area (TPSA) is 127 Å². The minimum absolute atomic E-state index is 0.0789. The lowest BCUT2D eigenvalue weighted by atomic mass is 9.95. The smallest absolute Gasteiger partial charge is 0.261 e. The summed E-state index contributed by atoms with van der Waals surface area (Å²) in [5.41, 5.74) is 1.75. The predicted octanol–water partition coefficient (Wildman–Crippen LogP) is 4.58. The van der Waals surface area contributed by atoms with E-state index in [1.807, 2.05) is 20.8 Å². The largest absolute Gasteiger partial charge is 0.416 e. The lowest BCUT2D eigenvalue weighted by Gasteiger charge is -2.17. The van der Waals surface area contributed by atoms with Crippen molar-refractivity contribution >= 4 is 27.3 Å². The quantitative estimate of drug-likeness (QED) is 0.416. The Morgan fingerprint density at radius 1 is 0.794 bits per heavy atom. The Morgan fingerprint density at radius 2 is 1.32 bits per heavy atom. The van der Waals surface area contributed by atoms with Crippen molar-refractivity contribution in [2.24, 2.45) is 5.41 Å². The number of hydrogen-bond donors (Lipinski definition) is 2. The van der Waals surface area contributed by atoms with Crippen LogP contribution in [0.5, 0.6) is 0 Å². The van der Waals surface area contributed by atoms with Crippen LogP contribution in [0.1, 0.15) is 20.8 Å². The van der Waals surface area contributed by atoms with Crippen LogP contribution < -0.4 is 10.0 Å². The molecule has 2 aromatic carbocycles. The van der Waals surface area contributed by atoms with E-state index in [2.05, 4.69) is 25.2 Å². The maximum atomic E-state index is 12.8. The van der Waals surface area contributed by atoms with Gasteiger partial charge < -0.3 is 9.73 Å². The number of aromatic nitrogens is 3. The molecule has 4 aromatic rings. The van der Waals surface area contributed by atoms with Crippen LogP contribution in [0.3, 0.4) is 0 Å². The molecule has 174 valence electrons. The highest BCUT2D eigenvalue weighted by Crippen LogP contribution is 2.26. The second-order valence-corrected chi connectivity index (χ2v) is 10.2. The molecule has 0 aliphatic heterocycles. The number of amides is 1. The SMILES string of the molecule is CC(C)(C)C(=O)Nc1ccc(NS(=O)(=O)c2ccc(-c3nnc(-c4ccncc4)o3)cc2)cc1. The standard InChI is InChI=1S/C24H23N5O4S/c1-24(2,3)23(30)26-18-6-8-19(9-7-18)29-34(31,32)20-10-4-16(5-11-20)21-27-28-22(33-21)17-12-14-25-15-13-17/h4-15,29H,1-3H3,(H,26,30). The van der Waals surface area contributed by atoms with Gasteiger partial charge in [-0.2, -0.15) is 0 Å². The highest BCUT2D eigenvalue weighted by molar-refractivity contribution is 7.92. The Bertz CT molecular complexity index is 1390. The maximum Gasteiger partial charge on any atom is 0.261 e. The van der Waals surface area contributed by atoms with Crippen LogP contribution >= 0.6 is 0 Å². The molecule has 34 heavy (non-hydrogen) atoms. The first kappa shape index (κ1) is 23.1. The van der Waals surface area contributed by atoms with E-state index in [1.165, 1.54) is 12.1 Å². The average Bonchev–Trinajstić information content (AvgIpc) is 3.31. The third kappa shape index (κ3) is 5.29. The van der Waals surface area contributed by atoms with Crippen molar-refractivity contribution in [1.82, 2.24) is 15.2 Å². The number of nitrogens with one attached hydrogen (secondary N) is 2. The monoisotopic (exact) mass is 477 g/mol. The van der Waals surface area contributed by atoms with Gasteiger partial charge in [0, 0.05) is 40.3 Å². The van der Waals surface area contributed by atoms with E-state index in [0.717, 1.165) is 5.56 Å². The first-order valence-electron chi connectivity index (χ1n) is 10.4. The van der Waals surface area contributed by atoms with Gasteiger partial charge in [0.25, 0.3) is 10.0 Å². The van der Waals surface area contributed by atoms with E-state index in [0.29, 0.717) is 22.8 Å². The summed E-state index contributed by atoms with van der Waals surface area (Å²) in [6.45, 7) is 5.44. The Labute approximate surface area is 197 Å². The van der Waals surface area contributed by atoms with E-state index < -0.39 is 15.4 Å². The Kier molecular flexibility index (Phi) is 6.16. The van der Waals surface area contributed by atoms with Crippen LogP contribution in [0.25, 0.3) is 22.9 Å². The minimum Gasteiger partial charge on any atom is -0.416 e. The number of sulfonamides is 1. The lowest BCUT2D eigenvalue weighted by molar-refractivity contribution is -0.123. The third-order valence-electron chi connectivity index (χ3n) is 4.84. The van der Waals surface area contributed by atoms with Gasteiger partial charge in [0.05, 0.1) is 4.90 Å². The second-order valence-electron chi connectivity index (χ2n) is 8.56. The minimum atomic E-state index is -3.82. The van der Waals surface area contributed by atoms with E-state index >= 15 is 0 Å². The molecule has 0 aliphatic carbocycles. The van der Waals surface area contributed by atoms with E-state index in [-0.39, 0.29) is 16.7 Å². The molecular weight excluding hydrogens is 454 g/mol. The number of anilines is 2. The Morgan fingerprint density at radius 3 is 1.88 bits per heavy atom. The number of pyridine rings is 1. The summed E-state index contributed by atoms with van der Waals surface area (Å²) >= 11 is 0. The molecule has 2 heterocycles. The highest BCUT2D eigenvalue weighted by atomic mass is 32.2. The van der Waals surface area contributed by atoms with Gasteiger partial charge >= 0.3 is 0 Å². The summed E-state index contributed by atoms with van der Waals surface area (Å²) in [4.78, 5) is 16.1. The van der Waals surface area contributed by atoms with Crippen molar-refractivity contribution in [3.8, 4) is 22.9 Å². The van der Waals surface area contributed by atoms with Crippen molar-refractivity contribution in [2.75, 3.05) is 10.0 Å². The second kappa shape index (κ2) is 9.06. The van der Waals surface area contributed by atoms with Crippen LogP contribution in [-0.2, 0) is 14.8 Å². The number of carbonyl (C=O) groups is 1. The number of benzene rings is 2. The summed E-state index contributed by atoms with van der Waals surface area (Å²) in [5.74, 6) is 0.490. The van der Waals surface area contributed by atoms with E-state index in [9.17, 15) is 13.2 Å². The molecule has 0 atom stereocenters. The van der Waals surface area contributed by atoms with Crippen molar-refractivity contribution in [3.63, 3.8) is 0 Å². The van der Waals surface area contributed by atoms with Gasteiger partial charge in [-0.3, -0.25) is 14.5 Å². The summed E-state index contributed by atoms with van der Waals surface area (Å²) < 4.78 is 33.8. The van der Waals surface area contributed by atoms with Crippen molar-refractivity contribution < 1.29 is 17.6 Å². The fraction of sp³-hybridized carbons (Fsp3) is 0.167. The van der Waals surface area contributed by atoms with Crippen LogP contribution in [0.2, 0.25) is 0 Å². The van der Waals surface area contributed by atoms with Crippen molar-refractivity contribution in [1.29, 1.82) is 0 Å². The van der Waals surface area contributed by atoms with Crippen LogP contribution in [0.15, 0.2) is 82.4 Å². The Balaban J connectivity index is 1.45. The molecule has 0 bridgehead atoms. The van der Waals surface area contributed by atoms with Crippen LogP contribution in [-0.4, -0.2) is 29.5 Å². The molecule has 1 amide bonds. The lowest BCUT2D eigenvalue weighted by Crippen LogP contribution is -2.27. The van der Waals surface area contributed by atoms with Crippen LogP contribution in [0, 0.1) is 5.41 Å². The third-order valence-corrected chi connectivity index (χ3v) is 6.24. The predicted molar refractivity (Wildman–Crippen MR) is 128 cm³/mol. The van der Waals surface area contributed by atoms with Gasteiger partial charge in [0.2, 0.25) is 17.7 Å². The molecule has 0 saturated heterocycles. The van der Waals surface area contributed by atoms with E-state index in [4.69, 9.17) is 4.42 Å². The number of nitrogens with zero attached hydrogens (tertiary/aromatic N) is 3. The number of carbonyl (C=O) groups excluding carboxylic acids is 1. The summed E-state index contributed by atoms with van der Waals surface area (Å²) in [5, 5.41) is 10.9. The molecule has 0 fully saturated rings. The molecule has 0 spiro atoms. The highest BCUT2D eigenvalue weighted by Gasteiger charge is 2.21. The molecule has 0 aliphatic rings. The van der Waals surface area contributed by atoms with Gasteiger partial charge in [-0.25, -0.2) is 8.42 Å². The average molecular weight is 478 g/mol. The van der Waals surface area contributed by atoms with Gasteiger partial charge in [-0.1, -0.05) is 20.8 Å². The zero-order valence-corrected chi connectivity index (χ0v) is 19.6. The molecule has 9 nitrogen and oxygen atoms in total.